The maximum Gasteiger partial charge on any atom is 0.307 e. The summed E-state index contributed by atoms with van der Waals surface area (Å²) in [6.45, 7) is 3.21. The molecule has 0 aromatic heterocycles. The van der Waals surface area contributed by atoms with E-state index in [9.17, 15) is 4.79 Å². The van der Waals surface area contributed by atoms with E-state index >= 15 is 0 Å². The fraction of sp³-hybridized carbons (Fsp3) is 0.500. The molecule has 0 saturated heterocycles. The molecule has 52 valence electrons. The second kappa shape index (κ2) is 4.39. The quantitative estimate of drug-likeness (QED) is 0.443. The largest absolute Gasteiger partial charge is 0.433 e. The predicted molar refractivity (Wildman–Crippen MR) is 36.0 cm³/mol. The average Bonchev–Trinajstić information content (AvgIpc) is 1.83. The van der Waals surface area contributed by atoms with Gasteiger partial charge in [-0.25, -0.2) is 0 Å². The lowest BCUT2D eigenvalue weighted by Crippen LogP contribution is -1.90. The van der Waals surface area contributed by atoms with Crippen LogP contribution >= 0.6 is 11.6 Å². The third-order valence-corrected chi connectivity index (χ3v) is 1.05. The number of hydrogen-bond donors (Lipinski definition) is 0. The van der Waals surface area contributed by atoms with Gasteiger partial charge in [-0.3, -0.25) is 4.79 Å². The van der Waals surface area contributed by atoms with Gasteiger partial charge in [-0.1, -0.05) is 18.5 Å². The summed E-state index contributed by atoms with van der Waals surface area (Å²) in [6.07, 6.45) is 1.94. The maximum absolute atomic E-state index is 10.1. The molecule has 0 atom stereocenters. The van der Waals surface area contributed by atoms with E-state index in [0.29, 0.717) is 11.5 Å². The van der Waals surface area contributed by atoms with Crippen molar-refractivity contribution in [3.63, 3.8) is 0 Å². The molecule has 0 unspecified atom stereocenters. The number of esters is 1. The zero-order chi connectivity index (χ0) is 7.28. The highest BCUT2D eigenvalue weighted by atomic mass is 35.5. The molecule has 0 aliphatic heterocycles. The Morgan fingerprint density at radius 1 is 1.78 bits per heavy atom. The van der Waals surface area contributed by atoms with Gasteiger partial charge in [0.2, 0.25) is 0 Å². The van der Waals surface area contributed by atoms with Gasteiger partial charge >= 0.3 is 5.97 Å². The molecular formula is C6H9ClO2. The fourth-order valence-corrected chi connectivity index (χ4v) is 0.275. The Balaban J connectivity index is 3.56. The van der Waals surface area contributed by atoms with Gasteiger partial charge in [0.05, 0.1) is 5.03 Å². The number of ether oxygens (including phenoxy) is 1. The van der Waals surface area contributed by atoms with Crippen LogP contribution in [0.4, 0.5) is 0 Å². The van der Waals surface area contributed by atoms with Crippen LogP contribution in [0.15, 0.2) is 11.3 Å². The van der Waals surface area contributed by atoms with E-state index in [-0.39, 0.29) is 5.97 Å². The zero-order valence-corrected chi connectivity index (χ0v) is 6.23. The molecule has 0 N–H and O–H groups in total. The van der Waals surface area contributed by atoms with Gasteiger partial charge in [-0.05, 0) is 6.42 Å². The highest BCUT2D eigenvalue weighted by Crippen LogP contribution is 2.04. The Morgan fingerprint density at radius 2 is 2.33 bits per heavy atom. The summed E-state index contributed by atoms with van der Waals surface area (Å²) in [6, 6.07) is 0. The minimum absolute atomic E-state index is 0.346. The molecule has 0 aliphatic rings. The van der Waals surface area contributed by atoms with Crippen molar-refractivity contribution in [3.05, 3.63) is 11.3 Å². The van der Waals surface area contributed by atoms with Crippen LogP contribution in [0.25, 0.3) is 0 Å². The van der Waals surface area contributed by atoms with E-state index in [2.05, 4.69) is 4.74 Å². The first-order valence-corrected chi connectivity index (χ1v) is 3.06. The second-order valence-electron chi connectivity index (χ2n) is 1.53. The molecule has 0 rings (SSSR count). The monoisotopic (exact) mass is 148 g/mol. The molecular weight excluding hydrogens is 140 g/mol. The van der Waals surface area contributed by atoms with Crippen LogP contribution in [0.5, 0.6) is 0 Å². The Kier molecular flexibility index (Phi) is 4.14. The Morgan fingerprint density at radius 3 is 2.67 bits per heavy atom. The van der Waals surface area contributed by atoms with Crippen LogP contribution in [0.2, 0.25) is 0 Å². The minimum atomic E-state index is -0.346. The van der Waals surface area contributed by atoms with Crippen molar-refractivity contribution in [1.29, 1.82) is 0 Å². The summed E-state index contributed by atoms with van der Waals surface area (Å²) < 4.78 is 4.46. The highest BCUT2D eigenvalue weighted by Gasteiger charge is 1.89. The molecule has 0 heterocycles. The van der Waals surface area contributed by atoms with Crippen molar-refractivity contribution in [2.75, 3.05) is 0 Å². The topological polar surface area (TPSA) is 26.3 Å². The molecule has 3 heteroatoms. The van der Waals surface area contributed by atoms with Gasteiger partial charge in [0.1, 0.15) is 6.26 Å². The average molecular weight is 149 g/mol. The van der Waals surface area contributed by atoms with Crippen LogP contribution in [-0.2, 0) is 9.53 Å². The molecule has 0 aliphatic carbocycles. The third kappa shape index (κ3) is 5.37. The first kappa shape index (κ1) is 8.50. The number of allylic oxidation sites excluding steroid dienone is 1. The van der Waals surface area contributed by atoms with Gasteiger partial charge < -0.3 is 4.74 Å². The summed E-state index contributed by atoms with van der Waals surface area (Å²) in [5.74, 6) is -0.346. The van der Waals surface area contributed by atoms with Crippen LogP contribution in [0, 0.1) is 0 Å². The van der Waals surface area contributed by atoms with Crippen LogP contribution in [0.3, 0.4) is 0 Å². The molecule has 0 fully saturated rings. The van der Waals surface area contributed by atoms with Crippen molar-refractivity contribution in [3.8, 4) is 0 Å². The molecule has 0 amide bonds. The number of halogens is 1. The molecule has 0 saturated carbocycles. The summed E-state index contributed by atoms with van der Waals surface area (Å²) in [4.78, 5) is 10.1. The second-order valence-corrected chi connectivity index (χ2v) is 2.01. The molecule has 0 radical (unpaired) electrons. The lowest BCUT2D eigenvalue weighted by atomic mass is 10.5. The van der Waals surface area contributed by atoms with Gasteiger partial charge in [-0.2, -0.15) is 0 Å². The molecule has 0 spiro atoms. The predicted octanol–water partition coefficient (Wildman–Crippen LogP) is 2.04. The van der Waals surface area contributed by atoms with Gasteiger partial charge in [-0.15, -0.1) is 0 Å². The number of rotatable bonds is 2. The zero-order valence-electron chi connectivity index (χ0n) is 5.48. The first-order valence-electron chi connectivity index (χ1n) is 2.68. The molecule has 2 nitrogen and oxygen atoms in total. The van der Waals surface area contributed by atoms with E-state index < -0.39 is 0 Å². The summed E-state index contributed by atoms with van der Waals surface area (Å²) in [7, 11) is 0. The van der Waals surface area contributed by atoms with Crippen molar-refractivity contribution >= 4 is 17.6 Å². The van der Waals surface area contributed by atoms with E-state index in [1.807, 2.05) is 6.92 Å². The number of carbonyl (C=O) groups is 1. The standard InChI is InChI=1S/C6H9ClO2/c1-3-6(7)4-9-5(2)8/h4H,3H2,1-2H3. The SMILES string of the molecule is CCC(Cl)=COC(C)=O. The van der Waals surface area contributed by atoms with Crippen LogP contribution in [0.1, 0.15) is 20.3 Å². The fourth-order valence-electron chi connectivity index (χ4n) is 0.230. The lowest BCUT2D eigenvalue weighted by Gasteiger charge is -1.91. The first-order chi connectivity index (χ1) is 4.16. The highest BCUT2D eigenvalue weighted by molar-refractivity contribution is 6.29. The van der Waals surface area contributed by atoms with Crippen LogP contribution in [-0.4, -0.2) is 5.97 Å². The van der Waals surface area contributed by atoms with E-state index in [1.54, 1.807) is 0 Å². The van der Waals surface area contributed by atoms with Crippen molar-refractivity contribution in [2.24, 2.45) is 0 Å². The van der Waals surface area contributed by atoms with Gasteiger partial charge in [0.15, 0.2) is 0 Å². The molecule has 9 heavy (non-hydrogen) atoms. The lowest BCUT2D eigenvalue weighted by molar-refractivity contribution is -0.135. The number of carbonyl (C=O) groups excluding carboxylic acids is 1. The van der Waals surface area contributed by atoms with E-state index in [4.69, 9.17) is 11.6 Å². The summed E-state index contributed by atoms with van der Waals surface area (Å²) >= 11 is 5.49. The molecule has 0 aromatic carbocycles. The third-order valence-electron chi connectivity index (χ3n) is 0.691. The van der Waals surface area contributed by atoms with Crippen LogP contribution < -0.4 is 0 Å². The van der Waals surface area contributed by atoms with Crippen molar-refractivity contribution < 1.29 is 9.53 Å². The molecule has 0 bridgehead atoms. The smallest absolute Gasteiger partial charge is 0.307 e. The van der Waals surface area contributed by atoms with E-state index in [1.165, 1.54) is 13.2 Å². The summed E-state index contributed by atoms with van der Waals surface area (Å²) in [5, 5.41) is 0.546. The normalized spacial score (nSPS) is 11.2. The Bertz CT molecular complexity index is 129. The summed E-state index contributed by atoms with van der Waals surface area (Å²) in [5.41, 5.74) is 0. The van der Waals surface area contributed by atoms with Gasteiger partial charge in [0, 0.05) is 6.92 Å². The Hall–Kier alpha value is -0.500. The van der Waals surface area contributed by atoms with E-state index in [0.717, 1.165) is 0 Å². The van der Waals surface area contributed by atoms with Gasteiger partial charge in [0.25, 0.3) is 0 Å². The van der Waals surface area contributed by atoms with Crippen molar-refractivity contribution in [1.82, 2.24) is 0 Å². The van der Waals surface area contributed by atoms with Crippen molar-refractivity contribution in [2.45, 2.75) is 20.3 Å². The Labute approximate surface area is 59.5 Å². The number of hydrogen-bond acceptors (Lipinski definition) is 2. The minimum Gasteiger partial charge on any atom is -0.433 e. The molecule has 0 aromatic rings. The maximum atomic E-state index is 10.1.